The van der Waals surface area contributed by atoms with E-state index in [0.29, 0.717) is 49.9 Å². The molecule has 1 aliphatic rings. The third-order valence-electron chi connectivity index (χ3n) is 7.38. The van der Waals surface area contributed by atoms with Crippen molar-refractivity contribution in [3.8, 4) is 5.75 Å². The van der Waals surface area contributed by atoms with E-state index in [2.05, 4.69) is 31.1 Å². The number of para-hydroxylation sites is 1. The first-order valence-electron chi connectivity index (χ1n) is 14.8. The summed E-state index contributed by atoms with van der Waals surface area (Å²) >= 11 is 0. The first-order chi connectivity index (χ1) is 20.0. The van der Waals surface area contributed by atoms with E-state index in [1.165, 1.54) is 0 Å². The molecule has 220 valence electrons. The number of carbonyl (C=O) groups is 2. The predicted octanol–water partition coefficient (Wildman–Crippen LogP) is 5.67. The third kappa shape index (κ3) is 8.67. The monoisotopic (exact) mass is 561 g/mol. The van der Waals surface area contributed by atoms with E-state index in [1.807, 2.05) is 52.3 Å². The molecule has 0 radical (unpaired) electrons. The molecule has 0 spiro atoms. The Morgan fingerprint density at radius 1 is 1.02 bits per heavy atom. The molecule has 0 unspecified atom stereocenters. The Bertz CT molecular complexity index is 1240. The van der Waals surface area contributed by atoms with Gasteiger partial charge < -0.3 is 23.8 Å². The molecule has 0 saturated carbocycles. The van der Waals surface area contributed by atoms with Crippen LogP contribution in [-0.2, 0) is 17.6 Å². The minimum atomic E-state index is -0.278. The Balaban J connectivity index is 1.65. The fourth-order valence-corrected chi connectivity index (χ4v) is 5.24. The number of methoxy groups -OCH3 is 1. The number of aromatic nitrogens is 1. The van der Waals surface area contributed by atoms with Gasteiger partial charge in [-0.2, -0.15) is 0 Å². The van der Waals surface area contributed by atoms with Crippen LogP contribution in [0, 0.1) is 5.92 Å². The first-order valence-corrected chi connectivity index (χ1v) is 14.8. The van der Waals surface area contributed by atoms with E-state index in [1.54, 1.807) is 13.2 Å². The molecule has 8 heteroatoms. The summed E-state index contributed by atoms with van der Waals surface area (Å²) in [5.41, 5.74) is 2.41. The summed E-state index contributed by atoms with van der Waals surface area (Å²) in [5, 5.41) is 4.17. The second-order valence-corrected chi connectivity index (χ2v) is 11.1. The van der Waals surface area contributed by atoms with Gasteiger partial charge in [0.2, 0.25) is 5.76 Å². The largest absolute Gasteiger partial charge is 0.491 e. The normalized spacial score (nSPS) is 17.2. The van der Waals surface area contributed by atoms with E-state index >= 15 is 0 Å². The molecule has 2 amide bonds. The van der Waals surface area contributed by atoms with Gasteiger partial charge in [0, 0.05) is 32.8 Å². The van der Waals surface area contributed by atoms with Gasteiger partial charge >= 0.3 is 0 Å². The topological polar surface area (TPSA) is 85.1 Å². The van der Waals surface area contributed by atoms with Crippen LogP contribution in [0.2, 0.25) is 0 Å². The van der Waals surface area contributed by atoms with E-state index < -0.39 is 0 Å². The fraction of sp³-hybridized carbons (Fsp3) is 0.485. The molecule has 3 aromatic rings. The average Bonchev–Trinajstić information content (AvgIpc) is 3.44. The van der Waals surface area contributed by atoms with Crippen molar-refractivity contribution in [1.82, 2.24) is 15.0 Å². The van der Waals surface area contributed by atoms with E-state index in [-0.39, 0.29) is 30.2 Å². The zero-order chi connectivity index (χ0) is 29.0. The molecule has 1 aromatic heterocycles. The van der Waals surface area contributed by atoms with Crippen LogP contribution in [-0.4, -0.2) is 72.8 Å². The average molecular weight is 562 g/mol. The Morgan fingerprint density at radius 2 is 1.76 bits per heavy atom. The van der Waals surface area contributed by atoms with Crippen LogP contribution in [0.1, 0.15) is 71.7 Å². The van der Waals surface area contributed by atoms with E-state index in [9.17, 15) is 9.59 Å². The number of nitrogens with zero attached hydrogens (tertiary/aromatic N) is 3. The van der Waals surface area contributed by atoms with Crippen molar-refractivity contribution < 1.29 is 23.6 Å². The number of amides is 2. The van der Waals surface area contributed by atoms with Crippen LogP contribution < -0.4 is 4.74 Å². The highest BCUT2D eigenvalue weighted by molar-refractivity contribution is 5.97. The lowest BCUT2D eigenvalue weighted by atomic mass is 10.0. The minimum Gasteiger partial charge on any atom is -0.491 e. The van der Waals surface area contributed by atoms with Crippen molar-refractivity contribution in [1.29, 1.82) is 0 Å². The molecule has 1 aliphatic heterocycles. The summed E-state index contributed by atoms with van der Waals surface area (Å²) in [6.07, 6.45) is 4.98. The van der Waals surface area contributed by atoms with Gasteiger partial charge in [0.05, 0.1) is 23.9 Å². The molecular formula is C33H43N3O5. The SMILES string of the molecule is COCCN1CCCCCCN(C(=O)c2cc(CC(C)C)no2)[C@@H](Cc2ccccc2)COc2ccccc2C1=O. The highest BCUT2D eigenvalue weighted by atomic mass is 16.5. The molecule has 0 N–H and O–H groups in total. The Hall–Kier alpha value is -3.65. The van der Waals surface area contributed by atoms with Crippen molar-refractivity contribution in [3.05, 3.63) is 83.2 Å². The Morgan fingerprint density at radius 3 is 2.51 bits per heavy atom. The Kier molecular flexibility index (Phi) is 11.4. The number of fused-ring (bicyclic) bond motifs is 1. The summed E-state index contributed by atoms with van der Waals surface area (Å²) in [6, 6.07) is 19.0. The summed E-state index contributed by atoms with van der Waals surface area (Å²) in [6.45, 7) is 6.69. The highest BCUT2D eigenvalue weighted by Gasteiger charge is 2.29. The molecule has 0 fully saturated rings. The molecule has 0 aliphatic carbocycles. The van der Waals surface area contributed by atoms with Crippen molar-refractivity contribution in [2.75, 3.05) is 40.0 Å². The Labute approximate surface area is 243 Å². The quantitative estimate of drug-likeness (QED) is 0.352. The highest BCUT2D eigenvalue weighted by Crippen LogP contribution is 2.24. The first kappa shape index (κ1) is 30.3. The molecule has 2 aromatic carbocycles. The van der Waals surface area contributed by atoms with Gasteiger partial charge in [-0.15, -0.1) is 0 Å². The third-order valence-corrected chi connectivity index (χ3v) is 7.38. The van der Waals surface area contributed by atoms with Crippen molar-refractivity contribution in [3.63, 3.8) is 0 Å². The van der Waals surface area contributed by atoms with Gasteiger partial charge in [-0.3, -0.25) is 9.59 Å². The number of ether oxygens (including phenoxy) is 2. The zero-order valence-electron chi connectivity index (χ0n) is 24.6. The molecule has 2 heterocycles. The number of hydrogen-bond donors (Lipinski definition) is 0. The van der Waals surface area contributed by atoms with Gasteiger partial charge in [-0.05, 0) is 49.3 Å². The summed E-state index contributed by atoms with van der Waals surface area (Å²) in [7, 11) is 1.65. The second-order valence-electron chi connectivity index (χ2n) is 11.1. The van der Waals surface area contributed by atoms with Crippen LogP contribution in [0.5, 0.6) is 5.75 Å². The van der Waals surface area contributed by atoms with Gasteiger partial charge in [0.25, 0.3) is 11.8 Å². The summed E-state index contributed by atoms with van der Waals surface area (Å²) in [5.74, 6) is 0.927. The molecule has 41 heavy (non-hydrogen) atoms. The van der Waals surface area contributed by atoms with Crippen LogP contribution in [0.3, 0.4) is 0 Å². The smallest absolute Gasteiger partial charge is 0.292 e. The van der Waals surface area contributed by atoms with Crippen molar-refractivity contribution >= 4 is 11.8 Å². The zero-order valence-corrected chi connectivity index (χ0v) is 24.6. The van der Waals surface area contributed by atoms with Crippen molar-refractivity contribution in [2.45, 2.75) is 58.4 Å². The number of hydrogen-bond acceptors (Lipinski definition) is 6. The molecule has 1 atom stereocenters. The van der Waals surface area contributed by atoms with Crippen LogP contribution in [0.4, 0.5) is 0 Å². The number of benzene rings is 2. The maximum atomic E-state index is 13.9. The molecular weight excluding hydrogens is 518 g/mol. The van der Waals surface area contributed by atoms with Crippen LogP contribution in [0.25, 0.3) is 0 Å². The lowest BCUT2D eigenvalue weighted by Gasteiger charge is -2.32. The molecule has 4 rings (SSSR count). The number of rotatable bonds is 8. The maximum absolute atomic E-state index is 13.9. The summed E-state index contributed by atoms with van der Waals surface area (Å²) in [4.78, 5) is 31.3. The summed E-state index contributed by atoms with van der Waals surface area (Å²) < 4.78 is 17.2. The van der Waals surface area contributed by atoms with E-state index in [4.69, 9.17) is 14.0 Å². The fourth-order valence-electron chi connectivity index (χ4n) is 5.24. The number of carbonyl (C=O) groups excluding carboxylic acids is 2. The van der Waals surface area contributed by atoms with Gasteiger partial charge in [-0.1, -0.05) is 74.3 Å². The lowest BCUT2D eigenvalue weighted by Crippen LogP contribution is -2.45. The predicted molar refractivity (Wildman–Crippen MR) is 158 cm³/mol. The molecule has 0 bridgehead atoms. The standard InChI is InChI=1S/C33H43N3O5/c1-25(2)21-27-23-31(41-34-27)33(38)36-18-12-5-4-11-17-35(19-20-39-3)32(37)29-15-9-10-16-30(29)40-24-28(36)22-26-13-7-6-8-14-26/h6-10,13-16,23,25,28H,4-5,11-12,17-22,24H2,1-3H3/t28-/m0/s1. The van der Waals surface area contributed by atoms with Gasteiger partial charge in [0.15, 0.2) is 0 Å². The second kappa shape index (κ2) is 15.4. The minimum absolute atomic E-state index is 0.0680. The molecule has 8 nitrogen and oxygen atoms in total. The van der Waals surface area contributed by atoms with Gasteiger partial charge in [-0.25, -0.2) is 0 Å². The maximum Gasteiger partial charge on any atom is 0.292 e. The van der Waals surface area contributed by atoms with E-state index in [0.717, 1.165) is 43.4 Å². The van der Waals surface area contributed by atoms with Crippen molar-refractivity contribution in [2.24, 2.45) is 5.92 Å². The lowest BCUT2D eigenvalue weighted by molar-refractivity contribution is 0.0555. The molecule has 0 saturated heterocycles. The van der Waals surface area contributed by atoms with Crippen LogP contribution >= 0.6 is 0 Å². The van der Waals surface area contributed by atoms with Crippen LogP contribution in [0.15, 0.2) is 65.2 Å². The van der Waals surface area contributed by atoms with Gasteiger partial charge in [0.1, 0.15) is 12.4 Å².